The first-order valence-electron chi connectivity index (χ1n) is 7.31. The molecule has 2 aromatic rings. The number of thiophene rings is 1. The van der Waals surface area contributed by atoms with Gasteiger partial charge in [0.05, 0.1) is 6.26 Å². The van der Waals surface area contributed by atoms with E-state index in [4.69, 9.17) is 4.42 Å². The fourth-order valence-electron chi connectivity index (χ4n) is 2.72. The number of hydrogen-bond donors (Lipinski definition) is 0. The van der Waals surface area contributed by atoms with Crippen molar-refractivity contribution in [1.82, 2.24) is 4.90 Å². The zero-order valence-corrected chi connectivity index (χ0v) is 12.9. The number of hydrogen-bond acceptors (Lipinski definition) is 4. The Hall–Kier alpha value is -2.14. The van der Waals surface area contributed by atoms with Gasteiger partial charge in [-0.15, -0.1) is 0 Å². The first-order chi connectivity index (χ1) is 10.7. The van der Waals surface area contributed by atoms with E-state index in [1.807, 2.05) is 22.9 Å². The molecule has 5 heteroatoms. The van der Waals surface area contributed by atoms with Gasteiger partial charge in [-0.1, -0.05) is 0 Å². The number of likely N-dealkylation sites (tertiary alicyclic amines) is 1. The molecule has 3 rings (SSSR count). The van der Waals surface area contributed by atoms with Gasteiger partial charge in [-0.25, -0.2) is 0 Å². The lowest BCUT2D eigenvalue weighted by molar-refractivity contribution is -0.126. The van der Waals surface area contributed by atoms with Crippen molar-refractivity contribution >= 4 is 29.1 Å². The molecule has 2 aromatic heterocycles. The van der Waals surface area contributed by atoms with Gasteiger partial charge in [-0.3, -0.25) is 9.59 Å². The summed E-state index contributed by atoms with van der Waals surface area (Å²) in [5.74, 6) is 0.297. The zero-order valence-electron chi connectivity index (χ0n) is 12.1. The molecular weight excluding hydrogens is 298 g/mol. The molecule has 0 N–H and O–H groups in total. The van der Waals surface area contributed by atoms with Gasteiger partial charge in [0.25, 0.3) is 0 Å². The second-order valence-electron chi connectivity index (χ2n) is 5.32. The molecule has 3 heterocycles. The third-order valence-electron chi connectivity index (χ3n) is 3.84. The lowest BCUT2D eigenvalue weighted by Crippen LogP contribution is -2.35. The molecule has 4 nitrogen and oxygen atoms in total. The van der Waals surface area contributed by atoms with Gasteiger partial charge in [0.15, 0.2) is 11.5 Å². The molecule has 1 amide bonds. The van der Waals surface area contributed by atoms with Crippen molar-refractivity contribution in [2.45, 2.75) is 25.3 Å². The Bertz CT molecular complexity index is 658. The first kappa shape index (κ1) is 14.8. The summed E-state index contributed by atoms with van der Waals surface area (Å²) < 4.78 is 5.13. The van der Waals surface area contributed by atoms with Crippen molar-refractivity contribution in [3.8, 4) is 0 Å². The predicted octanol–water partition coefficient (Wildman–Crippen LogP) is 3.62. The normalized spacial score (nSPS) is 18.2. The minimum absolute atomic E-state index is 0.0269. The average molecular weight is 315 g/mol. The van der Waals surface area contributed by atoms with Gasteiger partial charge >= 0.3 is 0 Å². The van der Waals surface area contributed by atoms with E-state index in [1.54, 1.807) is 34.4 Å². The maximum absolute atomic E-state index is 12.3. The van der Waals surface area contributed by atoms with E-state index in [1.165, 1.54) is 6.26 Å². The van der Waals surface area contributed by atoms with Crippen LogP contribution in [0.2, 0.25) is 0 Å². The van der Waals surface area contributed by atoms with Crippen LogP contribution >= 0.6 is 11.3 Å². The minimum Gasteiger partial charge on any atom is -0.461 e. The highest BCUT2D eigenvalue weighted by Gasteiger charge is 2.30. The number of nitrogens with zero attached hydrogens (tertiary/aromatic N) is 1. The van der Waals surface area contributed by atoms with Crippen LogP contribution in [0.3, 0.4) is 0 Å². The van der Waals surface area contributed by atoms with Crippen molar-refractivity contribution in [2.75, 3.05) is 6.54 Å². The van der Waals surface area contributed by atoms with Crippen molar-refractivity contribution in [2.24, 2.45) is 0 Å². The Balaban J connectivity index is 1.62. The van der Waals surface area contributed by atoms with E-state index in [0.717, 1.165) is 18.4 Å². The van der Waals surface area contributed by atoms with Crippen LogP contribution in [0.15, 0.2) is 45.7 Å². The molecule has 1 atom stereocenters. The monoisotopic (exact) mass is 315 g/mol. The number of rotatable bonds is 5. The van der Waals surface area contributed by atoms with Crippen LogP contribution in [0.1, 0.15) is 35.4 Å². The fraction of sp³-hybridized carbons (Fsp3) is 0.294. The van der Waals surface area contributed by atoms with E-state index < -0.39 is 0 Å². The molecule has 1 fully saturated rings. The molecule has 22 heavy (non-hydrogen) atoms. The lowest BCUT2D eigenvalue weighted by atomic mass is 10.1. The predicted molar refractivity (Wildman–Crippen MR) is 85.7 cm³/mol. The molecular formula is C17H17NO3S. The molecule has 0 aromatic carbocycles. The molecule has 0 spiro atoms. The highest BCUT2D eigenvalue weighted by Crippen LogP contribution is 2.22. The molecule has 1 saturated heterocycles. The van der Waals surface area contributed by atoms with E-state index >= 15 is 0 Å². The highest BCUT2D eigenvalue weighted by atomic mass is 32.1. The summed E-state index contributed by atoms with van der Waals surface area (Å²) in [7, 11) is 0. The van der Waals surface area contributed by atoms with Gasteiger partial charge in [0.2, 0.25) is 5.91 Å². The maximum Gasteiger partial charge on any atom is 0.246 e. The summed E-state index contributed by atoms with van der Waals surface area (Å²) in [6, 6.07) is 5.31. The van der Waals surface area contributed by atoms with Crippen LogP contribution in [-0.4, -0.2) is 29.2 Å². The quantitative estimate of drug-likeness (QED) is 0.625. The Morgan fingerprint density at radius 3 is 3.05 bits per heavy atom. The number of furan rings is 1. The van der Waals surface area contributed by atoms with Crippen LogP contribution in [0.4, 0.5) is 0 Å². The number of ketones is 1. The summed E-state index contributed by atoms with van der Waals surface area (Å²) in [5.41, 5.74) is 1.03. The topological polar surface area (TPSA) is 50.5 Å². The van der Waals surface area contributed by atoms with Gasteiger partial charge in [0.1, 0.15) is 0 Å². The second-order valence-corrected chi connectivity index (χ2v) is 6.10. The highest BCUT2D eigenvalue weighted by molar-refractivity contribution is 7.08. The Kier molecular flexibility index (Phi) is 4.53. The molecule has 0 aliphatic carbocycles. The number of amides is 1. The van der Waals surface area contributed by atoms with Crippen LogP contribution in [0, 0.1) is 0 Å². The molecule has 1 aliphatic rings. The van der Waals surface area contributed by atoms with Gasteiger partial charge in [-0.05, 0) is 53.4 Å². The largest absolute Gasteiger partial charge is 0.461 e. The van der Waals surface area contributed by atoms with Crippen molar-refractivity contribution < 1.29 is 14.0 Å². The zero-order chi connectivity index (χ0) is 15.4. The van der Waals surface area contributed by atoms with E-state index in [-0.39, 0.29) is 17.7 Å². The Morgan fingerprint density at radius 1 is 1.41 bits per heavy atom. The van der Waals surface area contributed by atoms with Crippen LogP contribution < -0.4 is 0 Å². The van der Waals surface area contributed by atoms with Crippen LogP contribution in [0.25, 0.3) is 6.08 Å². The standard InChI is InChI=1S/C17H17NO3S/c19-15(16-4-2-9-21-16)11-14-3-1-8-18(14)17(20)6-5-13-7-10-22-12-13/h2,4-7,9-10,12,14H,1,3,8,11H2/b6-5+. The number of Topliss-reactive ketones (excluding diaryl/α,β-unsaturated/α-hetero) is 1. The fourth-order valence-corrected chi connectivity index (χ4v) is 3.35. The lowest BCUT2D eigenvalue weighted by Gasteiger charge is -2.22. The average Bonchev–Trinajstić information content (AvgIpc) is 3.25. The maximum atomic E-state index is 12.3. The third kappa shape index (κ3) is 3.36. The third-order valence-corrected chi connectivity index (χ3v) is 4.54. The summed E-state index contributed by atoms with van der Waals surface area (Å²) in [5, 5.41) is 3.97. The summed E-state index contributed by atoms with van der Waals surface area (Å²) in [4.78, 5) is 26.2. The summed E-state index contributed by atoms with van der Waals surface area (Å²) >= 11 is 1.60. The SMILES string of the molecule is O=C(CC1CCCN1C(=O)/C=C/c1ccsc1)c1ccco1. The van der Waals surface area contributed by atoms with Crippen molar-refractivity contribution in [1.29, 1.82) is 0 Å². The molecule has 0 saturated carbocycles. The van der Waals surface area contributed by atoms with E-state index in [0.29, 0.717) is 18.7 Å². The Morgan fingerprint density at radius 2 is 2.32 bits per heavy atom. The second kappa shape index (κ2) is 6.75. The van der Waals surface area contributed by atoms with E-state index in [2.05, 4.69) is 0 Å². The van der Waals surface area contributed by atoms with Crippen LogP contribution in [0.5, 0.6) is 0 Å². The summed E-state index contributed by atoms with van der Waals surface area (Å²) in [6.07, 6.45) is 7.04. The van der Waals surface area contributed by atoms with Gasteiger partial charge in [-0.2, -0.15) is 11.3 Å². The van der Waals surface area contributed by atoms with Crippen molar-refractivity contribution in [3.05, 3.63) is 52.6 Å². The number of carbonyl (C=O) groups excluding carboxylic acids is 2. The minimum atomic E-state index is -0.0449. The molecule has 1 aliphatic heterocycles. The Labute approximate surface area is 133 Å². The number of carbonyl (C=O) groups is 2. The summed E-state index contributed by atoms with van der Waals surface area (Å²) in [6.45, 7) is 0.711. The van der Waals surface area contributed by atoms with Crippen LogP contribution in [-0.2, 0) is 4.79 Å². The first-order valence-corrected chi connectivity index (χ1v) is 8.26. The van der Waals surface area contributed by atoms with Gasteiger partial charge in [0, 0.05) is 25.1 Å². The molecule has 0 radical (unpaired) electrons. The molecule has 1 unspecified atom stereocenters. The van der Waals surface area contributed by atoms with E-state index in [9.17, 15) is 9.59 Å². The smallest absolute Gasteiger partial charge is 0.246 e. The molecule has 0 bridgehead atoms. The van der Waals surface area contributed by atoms with Gasteiger partial charge < -0.3 is 9.32 Å². The molecule has 114 valence electrons. The van der Waals surface area contributed by atoms with Crippen molar-refractivity contribution in [3.63, 3.8) is 0 Å².